The number of benzene rings is 8. The van der Waals surface area contributed by atoms with Crippen molar-refractivity contribution in [3.63, 3.8) is 0 Å². The van der Waals surface area contributed by atoms with Gasteiger partial charge in [-0.2, -0.15) is 0 Å². The Morgan fingerprint density at radius 1 is 0.180 bits per heavy atom. The standard InChI is InChI=1S/C116H162O6/c1-11-17-23-29-35-41-63-113(64-42-36-30-24-18-12-2)105-81-89(7)47-55-97(105)99-57-49-91(83-107(99)113)92-51-59-101-102-60-52-93(85-109(102)114(108(101)84-92,65-43-37-31-25-19-13-3)66-44-38-32-26-20-14-4)94-53-61-103-104-62-54-95(87-111(104)115(110(103)86-94,67-45-39-33-27-21-15-5)68-46-40-34-28-22-16-6)96-50-58-100-98-56-48-90(8)82-106(98)116(112(100)88-96,69-71-119-77-79-121-75-73-117-9)70-72-120-78-80-122-76-74-118-10/h47-62,81-88H,11-46,63-80H2,1-10H3. The minimum Gasteiger partial charge on any atom is -0.382 e. The second-order valence-corrected chi connectivity index (χ2v) is 38.0. The number of methoxy groups -OCH3 is 2. The van der Waals surface area contributed by atoms with Crippen LogP contribution < -0.4 is 0 Å². The Morgan fingerprint density at radius 3 is 0.566 bits per heavy atom. The van der Waals surface area contributed by atoms with Gasteiger partial charge in [0.15, 0.2) is 0 Å². The summed E-state index contributed by atoms with van der Waals surface area (Å²) in [5.74, 6) is 0. The zero-order valence-corrected chi connectivity index (χ0v) is 78.5. The zero-order valence-electron chi connectivity index (χ0n) is 78.5. The largest absolute Gasteiger partial charge is 0.382 e. The Labute approximate surface area is 742 Å². The average molecular weight is 1650 g/mol. The molecule has 0 saturated heterocycles. The summed E-state index contributed by atoms with van der Waals surface area (Å²) in [5.41, 5.74) is 34.2. The summed E-state index contributed by atoms with van der Waals surface area (Å²) < 4.78 is 35.5. The third-order valence-electron chi connectivity index (χ3n) is 29.4. The van der Waals surface area contributed by atoms with Gasteiger partial charge in [0.2, 0.25) is 0 Å². The van der Waals surface area contributed by atoms with Gasteiger partial charge in [-0.15, -0.1) is 0 Å². The van der Waals surface area contributed by atoms with E-state index in [0.29, 0.717) is 66.1 Å². The predicted molar refractivity (Wildman–Crippen MR) is 521 cm³/mol. The van der Waals surface area contributed by atoms with Crippen molar-refractivity contribution in [2.75, 3.05) is 80.3 Å². The van der Waals surface area contributed by atoms with Gasteiger partial charge in [0.1, 0.15) is 0 Å². The van der Waals surface area contributed by atoms with Gasteiger partial charge in [0, 0.05) is 49.1 Å². The van der Waals surface area contributed by atoms with Crippen LogP contribution in [0.3, 0.4) is 0 Å². The van der Waals surface area contributed by atoms with E-state index in [2.05, 4.69) is 201 Å². The molecule has 12 rings (SSSR count). The third-order valence-corrected chi connectivity index (χ3v) is 29.4. The highest BCUT2D eigenvalue weighted by Gasteiger charge is 2.48. The lowest BCUT2D eigenvalue weighted by Gasteiger charge is -2.34. The van der Waals surface area contributed by atoms with Crippen LogP contribution in [-0.2, 0) is 50.1 Å². The van der Waals surface area contributed by atoms with Crippen LogP contribution in [0.15, 0.2) is 146 Å². The Kier molecular flexibility index (Phi) is 38.0. The first-order valence-corrected chi connectivity index (χ1v) is 50.4. The summed E-state index contributed by atoms with van der Waals surface area (Å²) in [6.45, 7) is 24.4. The first-order chi connectivity index (χ1) is 60.0. The van der Waals surface area contributed by atoms with Crippen LogP contribution in [0.25, 0.3) is 77.9 Å². The summed E-state index contributed by atoms with van der Waals surface area (Å²) >= 11 is 0. The van der Waals surface area contributed by atoms with Crippen LogP contribution in [-0.4, -0.2) is 80.3 Å². The number of aryl methyl sites for hydroxylation is 2. The van der Waals surface area contributed by atoms with Gasteiger partial charge in [-0.3, -0.25) is 0 Å². The zero-order chi connectivity index (χ0) is 85.3. The molecule has 662 valence electrons. The Morgan fingerprint density at radius 2 is 0.352 bits per heavy atom. The molecule has 8 aromatic carbocycles. The number of hydrogen-bond donors (Lipinski definition) is 0. The van der Waals surface area contributed by atoms with E-state index < -0.39 is 0 Å². The first-order valence-electron chi connectivity index (χ1n) is 50.4. The molecule has 0 saturated carbocycles. The van der Waals surface area contributed by atoms with E-state index in [9.17, 15) is 0 Å². The minimum absolute atomic E-state index is 0.0249. The first kappa shape index (κ1) is 94.6. The number of ether oxygens (including phenoxy) is 6. The summed E-state index contributed by atoms with van der Waals surface area (Å²) in [7, 11) is 3.45. The molecule has 6 nitrogen and oxygen atoms in total. The highest BCUT2D eigenvalue weighted by molar-refractivity contribution is 5.91. The molecule has 122 heavy (non-hydrogen) atoms. The van der Waals surface area contributed by atoms with Gasteiger partial charge in [-0.1, -0.05) is 393 Å². The van der Waals surface area contributed by atoms with Crippen molar-refractivity contribution in [1.82, 2.24) is 0 Å². The molecule has 0 N–H and O–H groups in total. The maximum Gasteiger partial charge on any atom is 0.0701 e. The Hall–Kier alpha value is -6.48. The third kappa shape index (κ3) is 23.1. The molecule has 0 radical (unpaired) electrons. The summed E-state index contributed by atoms with van der Waals surface area (Å²) in [4.78, 5) is 0. The van der Waals surface area contributed by atoms with Crippen LogP contribution >= 0.6 is 0 Å². The molecule has 4 aliphatic carbocycles. The highest BCUT2D eigenvalue weighted by atomic mass is 16.5. The van der Waals surface area contributed by atoms with E-state index in [0.717, 1.165) is 25.7 Å². The molecule has 0 aromatic heterocycles. The topological polar surface area (TPSA) is 55.4 Å². The molecule has 0 amide bonds. The fourth-order valence-corrected chi connectivity index (χ4v) is 22.6. The molecule has 6 heteroatoms. The van der Waals surface area contributed by atoms with Gasteiger partial charge < -0.3 is 28.4 Å². The molecule has 0 fully saturated rings. The summed E-state index contributed by atoms with van der Waals surface area (Å²) in [6.07, 6.45) is 55.9. The fraction of sp³-hybridized carbons (Fsp3) is 0.586. The summed E-state index contributed by atoms with van der Waals surface area (Å²) in [5, 5.41) is 0. The smallest absolute Gasteiger partial charge is 0.0701 e. The lowest BCUT2D eigenvalue weighted by molar-refractivity contribution is 0.0145. The van der Waals surface area contributed by atoms with Crippen LogP contribution in [0.5, 0.6) is 0 Å². The van der Waals surface area contributed by atoms with Crippen molar-refractivity contribution < 1.29 is 28.4 Å². The fourth-order valence-electron chi connectivity index (χ4n) is 22.6. The minimum atomic E-state index is -0.335. The van der Waals surface area contributed by atoms with E-state index in [1.807, 2.05) is 0 Å². The van der Waals surface area contributed by atoms with Crippen LogP contribution in [0.2, 0.25) is 0 Å². The Bertz CT molecular complexity index is 4320. The second-order valence-electron chi connectivity index (χ2n) is 38.0. The molecule has 0 heterocycles. The van der Waals surface area contributed by atoms with Crippen molar-refractivity contribution in [1.29, 1.82) is 0 Å². The normalized spacial score (nSPS) is 14.4. The predicted octanol–water partition coefficient (Wildman–Crippen LogP) is 33.0. The van der Waals surface area contributed by atoms with Crippen LogP contribution in [0, 0.1) is 13.8 Å². The number of rotatable bonds is 63. The van der Waals surface area contributed by atoms with Crippen molar-refractivity contribution in [2.45, 2.75) is 360 Å². The van der Waals surface area contributed by atoms with Gasteiger partial charge in [0.25, 0.3) is 0 Å². The van der Waals surface area contributed by atoms with E-state index in [4.69, 9.17) is 28.4 Å². The van der Waals surface area contributed by atoms with Gasteiger partial charge in [-0.25, -0.2) is 0 Å². The second kappa shape index (κ2) is 49.0. The van der Waals surface area contributed by atoms with Crippen molar-refractivity contribution in [3.8, 4) is 77.9 Å². The highest BCUT2D eigenvalue weighted by Crippen LogP contribution is 2.61. The average Bonchev–Trinajstić information content (AvgIpc) is 1.56. The van der Waals surface area contributed by atoms with Crippen molar-refractivity contribution >= 4 is 0 Å². The lowest BCUT2D eigenvalue weighted by Crippen LogP contribution is -2.30. The lowest BCUT2D eigenvalue weighted by atomic mass is 9.69. The maximum atomic E-state index is 6.55. The summed E-state index contributed by atoms with van der Waals surface area (Å²) in [6, 6.07) is 61.6. The van der Waals surface area contributed by atoms with Gasteiger partial charge >= 0.3 is 0 Å². The van der Waals surface area contributed by atoms with Gasteiger partial charge in [-0.05, 0) is 224 Å². The van der Waals surface area contributed by atoms with Crippen molar-refractivity contribution in [2.24, 2.45) is 0 Å². The maximum absolute atomic E-state index is 6.55. The van der Waals surface area contributed by atoms with E-state index in [1.54, 1.807) is 47.6 Å². The number of unbranched alkanes of at least 4 members (excludes halogenated alkanes) is 30. The number of fused-ring (bicyclic) bond motifs is 12. The van der Waals surface area contributed by atoms with Crippen LogP contribution in [0.4, 0.5) is 0 Å². The van der Waals surface area contributed by atoms with E-state index in [-0.39, 0.29) is 21.7 Å². The van der Waals surface area contributed by atoms with E-state index >= 15 is 0 Å². The monoisotopic (exact) mass is 1650 g/mol. The van der Waals surface area contributed by atoms with E-state index in [1.165, 1.54) is 357 Å². The molecule has 0 unspecified atom stereocenters. The number of hydrogen-bond acceptors (Lipinski definition) is 6. The Balaban J connectivity index is 0.956. The molecule has 0 aliphatic heterocycles. The van der Waals surface area contributed by atoms with Crippen molar-refractivity contribution in [3.05, 3.63) is 201 Å². The molecular formula is C116H162O6. The van der Waals surface area contributed by atoms with Crippen LogP contribution in [0.1, 0.15) is 380 Å². The molecule has 4 aliphatic rings. The molecule has 8 aromatic rings. The SMILES string of the molecule is CCCCCCCCC1(CCCCCCCC)c2cc(C)ccc2-c2ccc(-c3ccc4c(c3)C(CCCCCCCC)(CCCCCCCC)c3cc(-c5ccc6c(c5)C(CCCCCCCC)(CCCCCCCC)c5cc(-c7ccc8c(c7)C(CCOCCOCCOC)(CCOCCOCCOC)c7cc(C)ccc7-8)ccc5-6)ccc3-4)cc21. The molecule has 0 spiro atoms. The quantitative estimate of drug-likeness (QED) is 0.0354. The molecule has 0 atom stereocenters. The molecule has 0 bridgehead atoms. The molecular weight excluding hydrogens is 1490 g/mol. The van der Waals surface area contributed by atoms with Gasteiger partial charge in [0.05, 0.1) is 52.9 Å².